The molecule has 2 heteroatoms. The van der Waals surface area contributed by atoms with E-state index >= 15 is 0 Å². The zero-order valence-corrected chi connectivity index (χ0v) is 10.1. The normalized spacial score (nSPS) is 11.7. The van der Waals surface area contributed by atoms with Gasteiger partial charge >= 0.3 is 0 Å². The molecule has 0 fully saturated rings. The van der Waals surface area contributed by atoms with Crippen LogP contribution in [-0.2, 0) is 6.42 Å². The van der Waals surface area contributed by atoms with Crippen molar-refractivity contribution >= 4 is 0 Å². The lowest BCUT2D eigenvalue weighted by Crippen LogP contribution is -2.08. The van der Waals surface area contributed by atoms with Gasteiger partial charge in [-0.1, -0.05) is 39.0 Å². The summed E-state index contributed by atoms with van der Waals surface area (Å²) < 4.78 is 0. The van der Waals surface area contributed by atoms with E-state index in [1.807, 2.05) is 6.20 Å². The highest BCUT2D eigenvalue weighted by molar-refractivity contribution is 5.55. The molecule has 0 spiro atoms. The molecule has 2 nitrogen and oxygen atoms in total. The Morgan fingerprint density at radius 2 is 2.06 bits per heavy atom. The van der Waals surface area contributed by atoms with Gasteiger partial charge in [0.15, 0.2) is 0 Å². The van der Waals surface area contributed by atoms with Crippen molar-refractivity contribution in [1.29, 1.82) is 0 Å². The Kier molecular flexibility index (Phi) is 2.82. The maximum atomic E-state index is 4.27. The zero-order valence-electron chi connectivity index (χ0n) is 10.1. The summed E-state index contributed by atoms with van der Waals surface area (Å²) in [7, 11) is 0. The topological polar surface area (TPSA) is 28.7 Å². The Morgan fingerprint density at radius 3 is 2.69 bits per heavy atom. The van der Waals surface area contributed by atoms with Crippen molar-refractivity contribution in [1.82, 2.24) is 9.97 Å². The second-order valence-corrected chi connectivity index (χ2v) is 5.38. The number of imidazole rings is 1. The fourth-order valence-corrected chi connectivity index (χ4v) is 1.86. The van der Waals surface area contributed by atoms with E-state index < -0.39 is 0 Å². The molecule has 1 heterocycles. The fourth-order valence-electron chi connectivity index (χ4n) is 1.86. The molecule has 1 aromatic heterocycles. The maximum absolute atomic E-state index is 4.27. The minimum absolute atomic E-state index is 0.321. The average Bonchev–Trinajstić information content (AvgIpc) is 2.68. The van der Waals surface area contributed by atoms with Crippen LogP contribution in [0.1, 0.15) is 26.3 Å². The molecule has 1 aromatic carbocycles. The summed E-state index contributed by atoms with van der Waals surface area (Å²) in [5, 5.41) is 0. The van der Waals surface area contributed by atoms with E-state index in [0.29, 0.717) is 5.41 Å². The van der Waals surface area contributed by atoms with Crippen LogP contribution in [0.2, 0.25) is 0 Å². The minimum atomic E-state index is 0.321. The summed E-state index contributed by atoms with van der Waals surface area (Å²) in [6, 6.07) is 8.58. The lowest BCUT2D eigenvalue weighted by Gasteiger charge is -2.18. The molecule has 0 saturated carbocycles. The summed E-state index contributed by atoms with van der Waals surface area (Å²) in [5.74, 6) is 0.941. The molecule has 84 valence electrons. The number of nitrogens with one attached hydrogen (secondary N) is 1. The second kappa shape index (κ2) is 4.12. The van der Waals surface area contributed by atoms with Gasteiger partial charge in [-0.2, -0.15) is 0 Å². The van der Waals surface area contributed by atoms with Gasteiger partial charge in [-0.15, -0.1) is 0 Å². The van der Waals surface area contributed by atoms with Crippen molar-refractivity contribution in [3.05, 3.63) is 42.2 Å². The Hall–Kier alpha value is -1.57. The van der Waals surface area contributed by atoms with Gasteiger partial charge in [0.25, 0.3) is 0 Å². The molecule has 0 aliphatic carbocycles. The van der Waals surface area contributed by atoms with Crippen molar-refractivity contribution in [3.8, 4) is 11.4 Å². The van der Waals surface area contributed by atoms with E-state index in [1.54, 1.807) is 6.20 Å². The van der Waals surface area contributed by atoms with Gasteiger partial charge in [-0.05, 0) is 23.5 Å². The standard InChI is InChI=1S/C14H18N2/c1-14(2,3)10-11-5-4-6-12(9-11)13-15-7-8-16-13/h4-9H,10H2,1-3H3,(H,15,16). The van der Waals surface area contributed by atoms with Crippen molar-refractivity contribution in [2.45, 2.75) is 27.2 Å². The molecule has 0 radical (unpaired) electrons. The Bertz CT molecular complexity index is 450. The lowest BCUT2D eigenvalue weighted by atomic mass is 9.88. The number of benzene rings is 1. The van der Waals surface area contributed by atoms with Crippen LogP contribution in [0.3, 0.4) is 0 Å². The molecule has 2 rings (SSSR count). The molecule has 0 unspecified atom stereocenters. The number of nitrogens with zero attached hydrogens (tertiary/aromatic N) is 1. The first-order chi connectivity index (χ1) is 7.54. The molecule has 16 heavy (non-hydrogen) atoms. The zero-order chi connectivity index (χ0) is 11.6. The first-order valence-corrected chi connectivity index (χ1v) is 5.63. The van der Waals surface area contributed by atoms with Gasteiger partial charge in [0.05, 0.1) is 0 Å². The highest BCUT2D eigenvalue weighted by Crippen LogP contribution is 2.23. The Balaban J connectivity index is 2.27. The Labute approximate surface area is 96.7 Å². The van der Waals surface area contributed by atoms with Crippen LogP contribution in [-0.4, -0.2) is 9.97 Å². The third kappa shape index (κ3) is 2.72. The Morgan fingerprint density at radius 1 is 1.25 bits per heavy atom. The third-order valence-corrected chi connectivity index (χ3v) is 2.43. The van der Waals surface area contributed by atoms with Crippen LogP contribution in [0.5, 0.6) is 0 Å². The predicted octanol–water partition coefficient (Wildman–Crippen LogP) is 3.67. The van der Waals surface area contributed by atoms with E-state index in [2.05, 4.69) is 55.0 Å². The molecule has 0 aliphatic heterocycles. The number of aromatic amines is 1. The highest BCUT2D eigenvalue weighted by atomic mass is 14.9. The molecule has 0 amide bonds. The van der Waals surface area contributed by atoms with Crippen LogP contribution < -0.4 is 0 Å². The van der Waals surface area contributed by atoms with E-state index in [1.165, 1.54) is 5.56 Å². The van der Waals surface area contributed by atoms with E-state index in [0.717, 1.165) is 17.8 Å². The number of rotatable bonds is 2. The summed E-state index contributed by atoms with van der Waals surface area (Å²) in [5.41, 5.74) is 2.84. The molecular formula is C14H18N2. The smallest absolute Gasteiger partial charge is 0.137 e. The summed E-state index contributed by atoms with van der Waals surface area (Å²) >= 11 is 0. The van der Waals surface area contributed by atoms with Gasteiger partial charge in [0.2, 0.25) is 0 Å². The van der Waals surface area contributed by atoms with E-state index in [-0.39, 0.29) is 0 Å². The van der Waals surface area contributed by atoms with Crippen LogP contribution >= 0.6 is 0 Å². The van der Waals surface area contributed by atoms with Gasteiger partial charge in [0.1, 0.15) is 5.82 Å². The molecule has 0 saturated heterocycles. The number of hydrogen-bond donors (Lipinski definition) is 1. The molecule has 2 aromatic rings. The van der Waals surface area contributed by atoms with Crippen molar-refractivity contribution in [2.24, 2.45) is 5.41 Å². The number of aromatic nitrogens is 2. The molecule has 0 bridgehead atoms. The lowest BCUT2D eigenvalue weighted by molar-refractivity contribution is 0.411. The first kappa shape index (κ1) is 10.9. The van der Waals surface area contributed by atoms with Crippen LogP contribution in [0.15, 0.2) is 36.7 Å². The van der Waals surface area contributed by atoms with Crippen molar-refractivity contribution in [2.75, 3.05) is 0 Å². The largest absolute Gasteiger partial charge is 0.345 e. The minimum Gasteiger partial charge on any atom is -0.345 e. The fraction of sp³-hybridized carbons (Fsp3) is 0.357. The monoisotopic (exact) mass is 214 g/mol. The van der Waals surface area contributed by atoms with E-state index in [9.17, 15) is 0 Å². The third-order valence-electron chi connectivity index (χ3n) is 2.43. The van der Waals surface area contributed by atoms with Gasteiger partial charge in [-0.25, -0.2) is 4.98 Å². The molecule has 1 N–H and O–H groups in total. The summed E-state index contributed by atoms with van der Waals surface area (Å²) in [4.78, 5) is 7.40. The molecular weight excluding hydrogens is 196 g/mol. The highest BCUT2D eigenvalue weighted by Gasteiger charge is 2.11. The van der Waals surface area contributed by atoms with Crippen LogP contribution in [0.4, 0.5) is 0 Å². The molecule has 0 aliphatic rings. The van der Waals surface area contributed by atoms with Gasteiger partial charge in [-0.3, -0.25) is 0 Å². The summed E-state index contributed by atoms with van der Waals surface area (Å²) in [6.07, 6.45) is 4.72. The average molecular weight is 214 g/mol. The summed E-state index contributed by atoms with van der Waals surface area (Å²) in [6.45, 7) is 6.77. The van der Waals surface area contributed by atoms with Gasteiger partial charge < -0.3 is 4.98 Å². The first-order valence-electron chi connectivity index (χ1n) is 5.63. The van der Waals surface area contributed by atoms with Crippen LogP contribution in [0, 0.1) is 5.41 Å². The van der Waals surface area contributed by atoms with E-state index in [4.69, 9.17) is 0 Å². The number of H-pyrrole nitrogens is 1. The second-order valence-electron chi connectivity index (χ2n) is 5.38. The SMILES string of the molecule is CC(C)(C)Cc1cccc(-c2ncc[nH]2)c1. The quantitative estimate of drug-likeness (QED) is 0.812. The van der Waals surface area contributed by atoms with Gasteiger partial charge in [0, 0.05) is 18.0 Å². The molecule has 0 atom stereocenters. The maximum Gasteiger partial charge on any atom is 0.137 e. The van der Waals surface area contributed by atoms with Crippen LogP contribution in [0.25, 0.3) is 11.4 Å². The van der Waals surface area contributed by atoms with Crippen molar-refractivity contribution in [3.63, 3.8) is 0 Å². The number of hydrogen-bond acceptors (Lipinski definition) is 1. The van der Waals surface area contributed by atoms with Crippen molar-refractivity contribution < 1.29 is 0 Å². The predicted molar refractivity (Wildman–Crippen MR) is 67.2 cm³/mol.